The molecule has 2 aliphatic heterocycles. The Morgan fingerprint density at radius 1 is 1.21 bits per heavy atom. The summed E-state index contributed by atoms with van der Waals surface area (Å²) >= 11 is 0. The molecule has 3 fully saturated rings. The fraction of sp³-hybridized carbons (Fsp3) is 0.909. The molecule has 1 spiro atoms. The maximum absolute atomic E-state index is 11.7. The Balaban J connectivity index is 1.88. The third-order valence-electron chi connectivity index (χ3n) is 3.97. The summed E-state index contributed by atoms with van der Waals surface area (Å²) in [7, 11) is 0. The summed E-state index contributed by atoms with van der Waals surface area (Å²) in [5.41, 5.74) is -0.170. The van der Waals surface area contributed by atoms with Gasteiger partial charge in [-0.15, -0.1) is 0 Å². The van der Waals surface area contributed by atoms with Crippen LogP contribution in [0.25, 0.3) is 0 Å². The van der Waals surface area contributed by atoms with E-state index in [-0.39, 0.29) is 17.7 Å². The SMILES string of the molecule is O=C1OC2(CCCCC2)N2CCC[C@@H]12. The fourth-order valence-corrected chi connectivity index (χ4v) is 3.31. The van der Waals surface area contributed by atoms with Crippen molar-refractivity contribution in [2.75, 3.05) is 6.54 Å². The molecule has 3 nitrogen and oxygen atoms in total. The second kappa shape index (κ2) is 2.96. The van der Waals surface area contributed by atoms with Gasteiger partial charge in [0, 0.05) is 19.4 Å². The van der Waals surface area contributed by atoms with Crippen LogP contribution in [0.3, 0.4) is 0 Å². The van der Waals surface area contributed by atoms with Crippen LogP contribution in [0.15, 0.2) is 0 Å². The van der Waals surface area contributed by atoms with E-state index >= 15 is 0 Å². The number of ether oxygens (including phenoxy) is 1. The molecule has 0 unspecified atom stereocenters. The standard InChI is InChI=1S/C11H17NO2/c13-10-9-5-4-8-12(9)11(14-10)6-2-1-3-7-11/h9H,1-8H2/t9-/m0/s1. The smallest absolute Gasteiger partial charge is 0.325 e. The van der Waals surface area contributed by atoms with Crippen molar-refractivity contribution in [2.45, 2.75) is 56.7 Å². The van der Waals surface area contributed by atoms with Crippen LogP contribution >= 0.6 is 0 Å². The van der Waals surface area contributed by atoms with Crippen molar-refractivity contribution < 1.29 is 9.53 Å². The molecular weight excluding hydrogens is 178 g/mol. The van der Waals surface area contributed by atoms with Gasteiger partial charge in [-0.2, -0.15) is 0 Å². The molecule has 0 aromatic rings. The zero-order valence-corrected chi connectivity index (χ0v) is 8.50. The lowest BCUT2D eigenvalue weighted by molar-refractivity contribution is -0.159. The van der Waals surface area contributed by atoms with E-state index in [2.05, 4.69) is 4.90 Å². The van der Waals surface area contributed by atoms with E-state index in [0.717, 1.165) is 25.8 Å². The van der Waals surface area contributed by atoms with Crippen molar-refractivity contribution in [1.82, 2.24) is 4.90 Å². The van der Waals surface area contributed by atoms with E-state index < -0.39 is 0 Å². The molecule has 0 bridgehead atoms. The number of hydrogen-bond acceptors (Lipinski definition) is 3. The second-order valence-corrected chi connectivity index (χ2v) is 4.78. The van der Waals surface area contributed by atoms with Crippen LogP contribution in [0.1, 0.15) is 44.9 Å². The highest BCUT2D eigenvalue weighted by Gasteiger charge is 2.54. The Labute approximate surface area is 84.4 Å². The maximum atomic E-state index is 11.7. The molecule has 0 N–H and O–H groups in total. The largest absolute Gasteiger partial charge is 0.442 e. The second-order valence-electron chi connectivity index (χ2n) is 4.78. The van der Waals surface area contributed by atoms with Crippen LogP contribution in [0, 0.1) is 0 Å². The molecule has 3 rings (SSSR count). The number of esters is 1. The highest BCUT2D eigenvalue weighted by atomic mass is 16.6. The molecule has 1 atom stereocenters. The van der Waals surface area contributed by atoms with Crippen LogP contribution in [-0.2, 0) is 9.53 Å². The van der Waals surface area contributed by atoms with Crippen molar-refractivity contribution in [3.8, 4) is 0 Å². The fourth-order valence-electron chi connectivity index (χ4n) is 3.31. The third kappa shape index (κ3) is 1.05. The highest BCUT2D eigenvalue weighted by Crippen LogP contribution is 2.44. The molecule has 2 heterocycles. The lowest BCUT2D eigenvalue weighted by Gasteiger charge is -2.38. The number of fused-ring (bicyclic) bond motifs is 2. The van der Waals surface area contributed by atoms with Crippen molar-refractivity contribution in [3.63, 3.8) is 0 Å². The van der Waals surface area contributed by atoms with Crippen LogP contribution in [-0.4, -0.2) is 29.2 Å². The average Bonchev–Trinajstić information content (AvgIpc) is 2.74. The van der Waals surface area contributed by atoms with Crippen molar-refractivity contribution in [2.24, 2.45) is 0 Å². The maximum Gasteiger partial charge on any atom is 0.325 e. The van der Waals surface area contributed by atoms with Gasteiger partial charge in [0.05, 0.1) is 0 Å². The van der Waals surface area contributed by atoms with E-state index in [1.54, 1.807) is 0 Å². The molecule has 0 aromatic heterocycles. The lowest BCUT2D eigenvalue weighted by Crippen LogP contribution is -2.47. The summed E-state index contributed by atoms with van der Waals surface area (Å²) in [5.74, 6) is 0.0457. The van der Waals surface area contributed by atoms with Crippen LogP contribution in [0.5, 0.6) is 0 Å². The van der Waals surface area contributed by atoms with Crippen LogP contribution < -0.4 is 0 Å². The number of hydrogen-bond donors (Lipinski definition) is 0. The summed E-state index contributed by atoms with van der Waals surface area (Å²) in [6, 6.07) is 0.105. The van der Waals surface area contributed by atoms with Gasteiger partial charge >= 0.3 is 5.97 Å². The molecule has 0 aromatic carbocycles. The molecule has 3 aliphatic rings. The lowest BCUT2D eigenvalue weighted by atomic mass is 9.90. The van der Waals surface area contributed by atoms with Gasteiger partial charge in [0.25, 0.3) is 0 Å². The van der Waals surface area contributed by atoms with E-state index in [1.165, 1.54) is 25.7 Å². The summed E-state index contributed by atoms with van der Waals surface area (Å²) in [4.78, 5) is 14.0. The first-order chi connectivity index (χ1) is 6.82. The van der Waals surface area contributed by atoms with Crippen molar-refractivity contribution in [1.29, 1.82) is 0 Å². The van der Waals surface area contributed by atoms with Gasteiger partial charge in [-0.05, 0) is 25.7 Å². The van der Waals surface area contributed by atoms with E-state index in [0.29, 0.717) is 0 Å². The minimum absolute atomic E-state index is 0.0457. The van der Waals surface area contributed by atoms with E-state index in [9.17, 15) is 4.79 Å². The number of nitrogens with zero attached hydrogens (tertiary/aromatic N) is 1. The predicted molar refractivity (Wildman–Crippen MR) is 51.6 cm³/mol. The van der Waals surface area contributed by atoms with E-state index in [1.807, 2.05) is 0 Å². The minimum atomic E-state index is -0.170. The summed E-state index contributed by atoms with van der Waals surface area (Å²) in [6.07, 6.45) is 8.05. The van der Waals surface area contributed by atoms with Gasteiger partial charge < -0.3 is 4.74 Å². The molecule has 0 radical (unpaired) electrons. The molecule has 1 aliphatic carbocycles. The van der Waals surface area contributed by atoms with E-state index in [4.69, 9.17) is 4.74 Å². The Hall–Kier alpha value is -0.570. The zero-order chi connectivity index (χ0) is 9.60. The number of carbonyl (C=O) groups is 1. The third-order valence-corrected chi connectivity index (χ3v) is 3.97. The Morgan fingerprint density at radius 3 is 2.79 bits per heavy atom. The van der Waals surface area contributed by atoms with Gasteiger partial charge in [0.15, 0.2) is 5.72 Å². The topological polar surface area (TPSA) is 29.5 Å². The van der Waals surface area contributed by atoms with Gasteiger partial charge in [-0.3, -0.25) is 9.69 Å². The predicted octanol–water partition coefficient (Wildman–Crippen LogP) is 1.67. The molecule has 2 saturated heterocycles. The van der Waals surface area contributed by atoms with Gasteiger partial charge in [0.1, 0.15) is 6.04 Å². The van der Waals surface area contributed by atoms with Crippen molar-refractivity contribution >= 4 is 5.97 Å². The number of carbonyl (C=O) groups excluding carboxylic acids is 1. The first-order valence-corrected chi connectivity index (χ1v) is 5.81. The van der Waals surface area contributed by atoms with Crippen LogP contribution in [0.2, 0.25) is 0 Å². The molecule has 14 heavy (non-hydrogen) atoms. The first-order valence-electron chi connectivity index (χ1n) is 5.81. The minimum Gasteiger partial charge on any atom is -0.442 e. The molecule has 78 valence electrons. The average molecular weight is 195 g/mol. The summed E-state index contributed by atoms with van der Waals surface area (Å²) in [6.45, 7) is 1.07. The molecule has 1 saturated carbocycles. The first kappa shape index (κ1) is 8.72. The monoisotopic (exact) mass is 195 g/mol. The Bertz CT molecular complexity index is 258. The molecular formula is C11H17NO2. The number of rotatable bonds is 0. The van der Waals surface area contributed by atoms with Crippen LogP contribution in [0.4, 0.5) is 0 Å². The normalized spacial score (nSPS) is 36.0. The Kier molecular flexibility index (Phi) is 1.84. The van der Waals surface area contributed by atoms with Gasteiger partial charge in [-0.25, -0.2) is 0 Å². The molecule has 3 heteroatoms. The van der Waals surface area contributed by atoms with Gasteiger partial charge in [0.2, 0.25) is 0 Å². The van der Waals surface area contributed by atoms with Crippen molar-refractivity contribution in [3.05, 3.63) is 0 Å². The van der Waals surface area contributed by atoms with Gasteiger partial charge in [-0.1, -0.05) is 6.42 Å². The Morgan fingerprint density at radius 2 is 2.00 bits per heavy atom. The zero-order valence-electron chi connectivity index (χ0n) is 8.50. The molecule has 0 amide bonds. The summed E-state index contributed by atoms with van der Waals surface area (Å²) in [5, 5.41) is 0. The summed E-state index contributed by atoms with van der Waals surface area (Å²) < 4.78 is 5.64. The quantitative estimate of drug-likeness (QED) is 0.551. The highest BCUT2D eigenvalue weighted by molar-refractivity contribution is 5.78.